The van der Waals surface area contributed by atoms with Gasteiger partial charge >= 0.3 is 0 Å². The maximum Gasteiger partial charge on any atom is 0.252 e. The number of hydrogen-bond acceptors (Lipinski definition) is 4. The standard InChI is InChI=1S/C23H24N2O3/c1-27-21-11-10-18(14-22(21)28-2)20(13-17-7-4-3-5-8-17)16-25-23(26)19-9-6-12-24-15-19/h3-12,14-15,20H,13,16H2,1-2H3,(H,25,26)/t20-/m1/s1. The zero-order valence-electron chi connectivity index (χ0n) is 16.1. The van der Waals surface area contributed by atoms with Gasteiger partial charge in [0.1, 0.15) is 0 Å². The van der Waals surface area contributed by atoms with E-state index >= 15 is 0 Å². The third-order valence-corrected chi connectivity index (χ3v) is 4.64. The van der Waals surface area contributed by atoms with Crippen molar-refractivity contribution in [2.45, 2.75) is 12.3 Å². The fraction of sp³-hybridized carbons (Fsp3) is 0.217. The summed E-state index contributed by atoms with van der Waals surface area (Å²) in [6.45, 7) is 0.498. The number of pyridine rings is 1. The highest BCUT2D eigenvalue weighted by molar-refractivity contribution is 5.93. The topological polar surface area (TPSA) is 60.5 Å². The molecule has 3 rings (SSSR count). The number of nitrogens with one attached hydrogen (secondary N) is 1. The van der Waals surface area contributed by atoms with Gasteiger partial charge in [0.15, 0.2) is 11.5 Å². The van der Waals surface area contributed by atoms with Crippen LogP contribution in [0.3, 0.4) is 0 Å². The fourth-order valence-electron chi connectivity index (χ4n) is 3.13. The number of carbonyl (C=O) groups excluding carboxylic acids is 1. The molecule has 1 aromatic heterocycles. The van der Waals surface area contributed by atoms with E-state index < -0.39 is 0 Å². The summed E-state index contributed by atoms with van der Waals surface area (Å²) >= 11 is 0. The van der Waals surface area contributed by atoms with Crippen molar-refractivity contribution >= 4 is 5.91 Å². The van der Waals surface area contributed by atoms with Gasteiger partial charge in [-0.25, -0.2) is 0 Å². The molecule has 144 valence electrons. The Morgan fingerprint density at radius 2 is 1.79 bits per heavy atom. The van der Waals surface area contributed by atoms with Crippen LogP contribution in [0.25, 0.3) is 0 Å². The first-order chi connectivity index (χ1) is 13.7. The molecule has 0 aliphatic carbocycles. The van der Waals surface area contributed by atoms with Gasteiger partial charge in [0.2, 0.25) is 0 Å². The lowest BCUT2D eigenvalue weighted by Gasteiger charge is -2.20. The minimum absolute atomic E-state index is 0.0860. The first kappa shape index (κ1) is 19.4. The summed E-state index contributed by atoms with van der Waals surface area (Å²) in [4.78, 5) is 16.5. The number of ether oxygens (including phenoxy) is 2. The van der Waals surface area contributed by atoms with Crippen molar-refractivity contribution in [1.29, 1.82) is 0 Å². The van der Waals surface area contributed by atoms with Crippen LogP contribution in [0.2, 0.25) is 0 Å². The zero-order chi connectivity index (χ0) is 19.8. The van der Waals surface area contributed by atoms with Gasteiger partial charge in [-0.3, -0.25) is 9.78 Å². The Kier molecular flexibility index (Phi) is 6.63. The number of methoxy groups -OCH3 is 2. The molecule has 5 heteroatoms. The van der Waals surface area contributed by atoms with Crippen LogP contribution in [0.4, 0.5) is 0 Å². The summed E-state index contributed by atoms with van der Waals surface area (Å²) in [5.41, 5.74) is 2.83. The third-order valence-electron chi connectivity index (χ3n) is 4.64. The van der Waals surface area contributed by atoms with E-state index in [9.17, 15) is 4.79 Å². The maximum atomic E-state index is 12.5. The predicted molar refractivity (Wildman–Crippen MR) is 109 cm³/mol. The van der Waals surface area contributed by atoms with Gasteiger partial charge in [-0.1, -0.05) is 36.4 Å². The molecule has 3 aromatic rings. The van der Waals surface area contributed by atoms with Crippen LogP contribution < -0.4 is 14.8 Å². The van der Waals surface area contributed by atoms with Crippen molar-refractivity contribution in [3.8, 4) is 11.5 Å². The van der Waals surface area contributed by atoms with Gasteiger partial charge in [0.25, 0.3) is 5.91 Å². The molecular weight excluding hydrogens is 352 g/mol. The molecule has 0 aliphatic rings. The molecule has 0 bridgehead atoms. The highest BCUT2D eigenvalue weighted by Crippen LogP contribution is 2.31. The predicted octanol–water partition coefficient (Wildman–Crippen LogP) is 3.86. The Labute approximate surface area is 165 Å². The molecule has 5 nitrogen and oxygen atoms in total. The normalized spacial score (nSPS) is 11.5. The molecule has 28 heavy (non-hydrogen) atoms. The van der Waals surface area contributed by atoms with Crippen LogP contribution in [0.15, 0.2) is 73.1 Å². The molecule has 1 atom stereocenters. The van der Waals surface area contributed by atoms with Gasteiger partial charge in [0, 0.05) is 24.9 Å². The van der Waals surface area contributed by atoms with Crippen molar-refractivity contribution in [2.75, 3.05) is 20.8 Å². The summed E-state index contributed by atoms with van der Waals surface area (Å²) in [5.74, 6) is 1.32. The first-order valence-corrected chi connectivity index (χ1v) is 9.15. The van der Waals surface area contributed by atoms with Gasteiger partial charge in [0.05, 0.1) is 19.8 Å². The summed E-state index contributed by atoms with van der Waals surface area (Å²) < 4.78 is 10.8. The highest BCUT2D eigenvalue weighted by atomic mass is 16.5. The highest BCUT2D eigenvalue weighted by Gasteiger charge is 2.17. The van der Waals surface area contributed by atoms with Crippen LogP contribution in [-0.4, -0.2) is 31.7 Å². The molecule has 2 aromatic carbocycles. The van der Waals surface area contributed by atoms with E-state index in [1.165, 1.54) is 5.56 Å². The van der Waals surface area contributed by atoms with Crippen molar-refractivity contribution in [2.24, 2.45) is 0 Å². The number of aromatic nitrogens is 1. The van der Waals surface area contributed by atoms with Gasteiger partial charge in [-0.2, -0.15) is 0 Å². The maximum absolute atomic E-state index is 12.5. The summed E-state index contributed by atoms with van der Waals surface area (Å²) in [6.07, 6.45) is 4.01. The Bertz CT molecular complexity index is 898. The first-order valence-electron chi connectivity index (χ1n) is 9.15. The van der Waals surface area contributed by atoms with Gasteiger partial charge < -0.3 is 14.8 Å². The van der Waals surface area contributed by atoms with E-state index in [0.717, 1.165) is 12.0 Å². The number of nitrogens with zero attached hydrogens (tertiary/aromatic N) is 1. The van der Waals surface area contributed by atoms with Gasteiger partial charge in [-0.15, -0.1) is 0 Å². The van der Waals surface area contributed by atoms with E-state index in [4.69, 9.17) is 9.47 Å². The van der Waals surface area contributed by atoms with Crippen molar-refractivity contribution in [3.05, 3.63) is 89.7 Å². The third kappa shape index (κ3) is 4.88. The monoisotopic (exact) mass is 376 g/mol. The summed E-state index contributed by atoms with van der Waals surface area (Å²) in [7, 11) is 3.24. The quantitative estimate of drug-likeness (QED) is 0.649. The van der Waals surface area contributed by atoms with Crippen molar-refractivity contribution in [1.82, 2.24) is 10.3 Å². The van der Waals surface area contributed by atoms with Crippen LogP contribution in [0.1, 0.15) is 27.4 Å². The molecule has 1 heterocycles. The Morgan fingerprint density at radius 3 is 2.46 bits per heavy atom. The molecule has 1 N–H and O–H groups in total. The number of amides is 1. The number of carbonyl (C=O) groups is 1. The molecular formula is C23H24N2O3. The smallest absolute Gasteiger partial charge is 0.252 e. The molecule has 0 saturated heterocycles. The minimum Gasteiger partial charge on any atom is -0.493 e. The summed E-state index contributed by atoms with van der Waals surface area (Å²) in [6, 6.07) is 19.6. The lowest BCUT2D eigenvalue weighted by molar-refractivity contribution is 0.0950. The number of rotatable bonds is 8. The molecule has 0 unspecified atom stereocenters. The number of benzene rings is 2. The summed E-state index contributed by atoms with van der Waals surface area (Å²) in [5, 5.41) is 3.03. The SMILES string of the molecule is COc1ccc([C@@H](CNC(=O)c2cccnc2)Cc2ccccc2)cc1OC. The van der Waals surface area contributed by atoms with Crippen molar-refractivity contribution < 1.29 is 14.3 Å². The molecule has 0 radical (unpaired) electrons. The Hall–Kier alpha value is -3.34. The lowest BCUT2D eigenvalue weighted by Crippen LogP contribution is -2.29. The second-order valence-corrected chi connectivity index (χ2v) is 6.45. The molecule has 0 saturated carbocycles. The van der Waals surface area contributed by atoms with E-state index in [1.807, 2.05) is 36.4 Å². The van der Waals surface area contributed by atoms with Crippen LogP contribution >= 0.6 is 0 Å². The second-order valence-electron chi connectivity index (χ2n) is 6.45. The van der Waals surface area contributed by atoms with E-state index in [2.05, 4.69) is 22.4 Å². The average molecular weight is 376 g/mol. The largest absolute Gasteiger partial charge is 0.493 e. The van der Waals surface area contributed by atoms with Crippen LogP contribution in [0, 0.1) is 0 Å². The average Bonchev–Trinajstić information content (AvgIpc) is 2.77. The van der Waals surface area contributed by atoms with Crippen LogP contribution in [0.5, 0.6) is 11.5 Å². The molecule has 1 amide bonds. The van der Waals surface area contributed by atoms with Crippen molar-refractivity contribution in [3.63, 3.8) is 0 Å². The Balaban J connectivity index is 1.82. The lowest BCUT2D eigenvalue weighted by atomic mass is 9.91. The zero-order valence-corrected chi connectivity index (χ0v) is 16.1. The second kappa shape index (κ2) is 9.55. The molecule has 0 spiro atoms. The van der Waals surface area contributed by atoms with Crippen LogP contribution in [-0.2, 0) is 6.42 Å². The van der Waals surface area contributed by atoms with Gasteiger partial charge in [-0.05, 0) is 41.8 Å². The molecule has 0 fully saturated rings. The molecule has 0 aliphatic heterocycles. The Morgan fingerprint density at radius 1 is 1.00 bits per heavy atom. The van der Waals surface area contributed by atoms with E-state index in [1.54, 1.807) is 38.7 Å². The number of hydrogen-bond donors (Lipinski definition) is 1. The minimum atomic E-state index is -0.133. The fourth-order valence-corrected chi connectivity index (χ4v) is 3.13. The van der Waals surface area contributed by atoms with E-state index in [0.29, 0.717) is 23.6 Å². The van der Waals surface area contributed by atoms with E-state index in [-0.39, 0.29) is 11.8 Å².